The van der Waals surface area contributed by atoms with E-state index in [0.717, 1.165) is 30.5 Å². The van der Waals surface area contributed by atoms with Crippen molar-refractivity contribution >= 4 is 15.9 Å². The molecule has 35 heavy (non-hydrogen) atoms. The minimum absolute atomic E-state index is 0.152. The Morgan fingerprint density at radius 2 is 1.51 bits per heavy atom. The molecule has 1 amide bonds. The van der Waals surface area contributed by atoms with E-state index in [4.69, 9.17) is 0 Å². The van der Waals surface area contributed by atoms with Gasteiger partial charge in [-0.3, -0.25) is 4.79 Å². The molecule has 1 aliphatic heterocycles. The third-order valence-electron chi connectivity index (χ3n) is 6.36. The highest BCUT2D eigenvalue weighted by Gasteiger charge is 2.31. The maximum atomic E-state index is 13.9. The first-order valence-electron chi connectivity index (χ1n) is 12.2. The lowest BCUT2D eigenvalue weighted by Crippen LogP contribution is -2.52. The lowest BCUT2D eigenvalue weighted by molar-refractivity contribution is -0.133. The first-order chi connectivity index (χ1) is 17.0. The quantitative estimate of drug-likeness (QED) is 0.431. The second-order valence-corrected chi connectivity index (χ2v) is 10.7. The standard InChI is InChI=1S/C28H33N3O3S/c32-28(31(22-25-15-10-19-29-25)20-18-23-11-4-1-5-12-23)27(21-24-13-6-2-7-14-24)30-35(33,34)26-16-8-3-9-17-26/h1-9,11-14,16-17,25,27,29-30H,10,15,18-22H2/t25-,27+/m0/s1. The molecule has 184 valence electrons. The van der Waals surface area contributed by atoms with Crippen molar-refractivity contribution in [1.82, 2.24) is 14.9 Å². The summed E-state index contributed by atoms with van der Waals surface area (Å²) in [5.74, 6) is -0.196. The predicted octanol–water partition coefficient (Wildman–Crippen LogP) is 3.40. The fraction of sp³-hybridized carbons (Fsp3) is 0.321. The van der Waals surface area contributed by atoms with Crippen molar-refractivity contribution in [2.75, 3.05) is 19.6 Å². The van der Waals surface area contributed by atoms with Crippen LogP contribution in [0.3, 0.4) is 0 Å². The van der Waals surface area contributed by atoms with E-state index in [-0.39, 0.29) is 23.3 Å². The Morgan fingerprint density at radius 1 is 0.914 bits per heavy atom. The number of carbonyl (C=O) groups excluding carboxylic acids is 1. The molecule has 0 bridgehead atoms. The zero-order chi connectivity index (χ0) is 24.5. The number of hydrogen-bond acceptors (Lipinski definition) is 4. The van der Waals surface area contributed by atoms with Crippen molar-refractivity contribution in [2.45, 2.75) is 42.7 Å². The van der Waals surface area contributed by atoms with Gasteiger partial charge in [0.15, 0.2) is 0 Å². The molecule has 1 aliphatic rings. The zero-order valence-electron chi connectivity index (χ0n) is 19.8. The molecule has 1 heterocycles. The van der Waals surface area contributed by atoms with Crippen molar-refractivity contribution in [3.63, 3.8) is 0 Å². The number of rotatable bonds is 11. The fourth-order valence-corrected chi connectivity index (χ4v) is 5.69. The van der Waals surface area contributed by atoms with Gasteiger partial charge in [-0.2, -0.15) is 4.72 Å². The highest BCUT2D eigenvalue weighted by atomic mass is 32.2. The van der Waals surface area contributed by atoms with Gasteiger partial charge in [-0.05, 0) is 55.5 Å². The maximum absolute atomic E-state index is 13.9. The molecule has 0 aliphatic carbocycles. The van der Waals surface area contributed by atoms with Crippen LogP contribution >= 0.6 is 0 Å². The van der Waals surface area contributed by atoms with Crippen LogP contribution < -0.4 is 10.0 Å². The Hall–Kier alpha value is -3.00. The summed E-state index contributed by atoms with van der Waals surface area (Å²) in [6.07, 6.45) is 3.09. The number of nitrogens with one attached hydrogen (secondary N) is 2. The molecule has 3 aromatic carbocycles. The molecule has 0 aromatic heterocycles. The second kappa shape index (κ2) is 12.1. The summed E-state index contributed by atoms with van der Waals surface area (Å²) in [5.41, 5.74) is 2.05. The van der Waals surface area contributed by atoms with E-state index in [1.54, 1.807) is 30.3 Å². The van der Waals surface area contributed by atoms with E-state index in [9.17, 15) is 13.2 Å². The molecule has 4 rings (SSSR count). The Balaban J connectivity index is 1.58. The first-order valence-corrected chi connectivity index (χ1v) is 13.7. The molecular weight excluding hydrogens is 458 g/mol. The van der Waals surface area contributed by atoms with Crippen molar-refractivity contribution in [1.29, 1.82) is 0 Å². The number of hydrogen-bond donors (Lipinski definition) is 2. The third kappa shape index (κ3) is 7.24. The number of benzene rings is 3. The van der Waals surface area contributed by atoms with E-state index in [1.165, 1.54) is 0 Å². The van der Waals surface area contributed by atoms with Crippen molar-refractivity contribution < 1.29 is 13.2 Å². The smallest absolute Gasteiger partial charge is 0.241 e. The van der Waals surface area contributed by atoms with Crippen LogP contribution in [0.25, 0.3) is 0 Å². The monoisotopic (exact) mass is 491 g/mol. The van der Waals surface area contributed by atoms with Crippen molar-refractivity contribution in [2.24, 2.45) is 0 Å². The number of sulfonamides is 1. The Bertz CT molecular complexity index is 1170. The van der Waals surface area contributed by atoms with Gasteiger partial charge in [-0.25, -0.2) is 8.42 Å². The molecule has 0 spiro atoms. The Kier molecular flexibility index (Phi) is 8.69. The highest BCUT2D eigenvalue weighted by molar-refractivity contribution is 7.89. The molecular formula is C28H33N3O3S. The summed E-state index contributed by atoms with van der Waals surface area (Å²) in [4.78, 5) is 15.9. The van der Waals surface area contributed by atoms with E-state index < -0.39 is 16.1 Å². The number of nitrogens with zero attached hydrogens (tertiary/aromatic N) is 1. The van der Waals surface area contributed by atoms with Gasteiger partial charge in [-0.1, -0.05) is 78.9 Å². The lowest BCUT2D eigenvalue weighted by Gasteiger charge is -2.30. The summed E-state index contributed by atoms with van der Waals surface area (Å²) in [7, 11) is -3.87. The summed E-state index contributed by atoms with van der Waals surface area (Å²) < 4.78 is 29.1. The normalized spacial score (nSPS) is 16.6. The number of amides is 1. The van der Waals surface area contributed by atoms with E-state index in [0.29, 0.717) is 19.5 Å². The maximum Gasteiger partial charge on any atom is 0.241 e. The Morgan fingerprint density at radius 3 is 2.11 bits per heavy atom. The number of carbonyl (C=O) groups is 1. The zero-order valence-corrected chi connectivity index (χ0v) is 20.7. The largest absolute Gasteiger partial charge is 0.339 e. The van der Waals surface area contributed by atoms with Crippen LogP contribution in [-0.4, -0.2) is 50.9 Å². The van der Waals surface area contributed by atoms with Crippen molar-refractivity contribution in [3.05, 3.63) is 102 Å². The lowest BCUT2D eigenvalue weighted by atomic mass is 10.0. The van der Waals surface area contributed by atoms with Crippen LogP contribution in [0.5, 0.6) is 0 Å². The minimum Gasteiger partial charge on any atom is -0.339 e. The van der Waals surface area contributed by atoms with Crippen LogP contribution in [0, 0.1) is 0 Å². The Labute approximate surface area is 208 Å². The van der Waals surface area contributed by atoms with Crippen LogP contribution in [0.15, 0.2) is 95.9 Å². The van der Waals surface area contributed by atoms with Gasteiger partial charge in [0.25, 0.3) is 0 Å². The van der Waals surface area contributed by atoms with Crippen LogP contribution in [0.1, 0.15) is 24.0 Å². The third-order valence-corrected chi connectivity index (χ3v) is 7.85. The minimum atomic E-state index is -3.87. The average Bonchev–Trinajstić information content (AvgIpc) is 3.41. The van der Waals surface area contributed by atoms with Gasteiger partial charge >= 0.3 is 0 Å². The predicted molar refractivity (Wildman–Crippen MR) is 138 cm³/mol. The van der Waals surface area contributed by atoms with Gasteiger partial charge < -0.3 is 10.2 Å². The summed E-state index contributed by atoms with van der Waals surface area (Å²) in [6.45, 7) is 2.03. The van der Waals surface area contributed by atoms with Gasteiger partial charge in [0, 0.05) is 19.1 Å². The summed E-state index contributed by atoms with van der Waals surface area (Å²) >= 11 is 0. The van der Waals surface area contributed by atoms with E-state index >= 15 is 0 Å². The van der Waals surface area contributed by atoms with Gasteiger partial charge in [0.1, 0.15) is 6.04 Å². The van der Waals surface area contributed by atoms with Gasteiger partial charge in [0.2, 0.25) is 15.9 Å². The molecule has 2 N–H and O–H groups in total. The highest BCUT2D eigenvalue weighted by Crippen LogP contribution is 2.15. The van der Waals surface area contributed by atoms with Crippen LogP contribution in [-0.2, 0) is 27.7 Å². The van der Waals surface area contributed by atoms with E-state index in [2.05, 4.69) is 22.2 Å². The van der Waals surface area contributed by atoms with Crippen molar-refractivity contribution in [3.8, 4) is 0 Å². The molecule has 1 fully saturated rings. The molecule has 1 saturated heterocycles. The summed E-state index contributed by atoms with van der Waals surface area (Å²) in [6, 6.07) is 27.2. The van der Waals surface area contributed by atoms with Crippen LogP contribution in [0.2, 0.25) is 0 Å². The van der Waals surface area contributed by atoms with Gasteiger partial charge in [-0.15, -0.1) is 0 Å². The van der Waals surface area contributed by atoms with Gasteiger partial charge in [0.05, 0.1) is 4.90 Å². The molecule has 3 aromatic rings. The van der Waals surface area contributed by atoms with E-state index in [1.807, 2.05) is 53.4 Å². The molecule has 2 atom stereocenters. The SMILES string of the molecule is O=C([C@@H](Cc1ccccc1)NS(=O)(=O)c1ccccc1)N(CCc1ccccc1)C[C@@H]1CCCN1. The first kappa shape index (κ1) is 25.1. The average molecular weight is 492 g/mol. The summed E-state index contributed by atoms with van der Waals surface area (Å²) in [5, 5.41) is 3.47. The topological polar surface area (TPSA) is 78.5 Å². The second-order valence-electron chi connectivity index (χ2n) is 8.99. The molecule has 0 unspecified atom stereocenters. The van der Waals surface area contributed by atoms with Crippen LogP contribution in [0.4, 0.5) is 0 Å². The molecule has 0 radical (unpaired) electrons. The molecule has 0 saturated carbocycles. The molecule has 6 nitrogen and oxygen atoms in total. The molecule has 7 heteroatoms. The fourth-order valence-electron chi connectivity index (χ4n) is 4.48.